The molecular weight excluding hydrogens is 316 g/mol. The first-order chi connectivity index (χ1) is 12.1. The van der Waals surface area contributed by atoms with E-state index in [4.69, 9.17) is 4.74 Å². The molecule has 0 spiro atoms. The lowest BCUT2D eigenvalue weighted by Crippen LogP contribution is -2.10. The minimum Gasteiger partial charge on any atom is -0.478 e. The first-order valence-corrected chi connectivity index (χ1v) is 7.77. The summed E-state index contributed by atoms with van der Waals surface area (Å²) >= 11 is 0. The second-order valence-corrected chi connectivity index (χ2v) is 5.58. The average Bonchev–Trinajstić information content (AvgIpc) is 2.62. The molecular formula is C21H16O4. The van der Waals surface area contributed by atoms with Gasteiger partial charge in [0.1, 0.15) is 5.75 Å². The summed E-state index contributed by atoms with van der Waals surface area (Å²) in [5.41, 5.74) is 2.70. The van der Waals surface area contributed by atoms with E-state index in [1.807, 2.05) is 49.4 Å². The monoisotopic (exact) mass is 332 g/mol. The number of carboxylic acid groups (broad SMARTS) is 1. The molecule has 0 saturated heterocycles. The number of aryl methyl sites for hydroxylation is 1. The van der Waals surface area contributed by atoms with Gasteiger partial charge in [-0.2, -0.15) is 0 Å². The van der Waals surface area contributed by atoms with Crippen molar-refractivity contribution in [2.45, 2.75) is 6.92 Å². The van der Waals surface area contributed by atoms with Gasteiger partial charge in [0.2, 0.25) is 0 Å². The largest absolute Gasteiger partial charge is 0.478 e. The van der Waals surface area contributed by atoms with Crippen molar-refractivity contribution < 1.29 is 19.4 Å². The molecule has 0 fully saturated rings. The molecule has 0 aliphatic rings. The van der Waals surface area contributed by atoms with Crippen LogP contribution in [0.2, 0.25) is 0 Å². The summed E-state index contributed by atoms with van der Waals surface area (Å²) in [5, 5.41) is 9.41. The molecule has 0 heterocycles. The molecule has 0 radical (unpaired) electrons. The Kier molecular flexibility index (Phi) is 4.61. The molecule has 0 unspecified atom stereocenters. The third kappa shape index (κ3) is 3.58. The number of carbonyl (C=O) groups is 2. The second kappa shape index (κ2) is 7.01. The van der Waals surface area contributed by atoms with Crippen molar-refractivity contribution in [3.8, 4) is 16.9 Å². The smallest absolute Gasteiger partial charge is 0.343 e. The van der Waals surface area contributed by atoms with Crippen LogP contribution in [-0.4, -0.2) is 17.0 Å². The molecule has 4 nitrogen and oxygen atoms in total. The zero-order valence-corrected chi connectivity index (χ0v) is 13.6. The Morgan fingerprint density at radius 3 is 2.20 bits per heavy atom. The van der Waals surface area contributed by atoms with Crippen molar-refractivity contribution in [3.63, 3.8) is 0 Å². The molecule has 3 rings (SSSR count). The standard InChI is InChI=1S/C21H16O4/c1-14-7-5-6-10-17(14)21(24)25-16-11-12-18(20(22)23)19(13-16)15-8-3-2-4-9-15/h2-13H,1H3,(H,22,23). The van der Waals surface area contributed by atoms with E-state index >= 15 is 0 Å². The Bertz CT molecular complexity index is 930. The normalized spacial score (nSPS) is 10.3. The Morgan fingerprint density at radius 1 is 0.840 bits per heavy atom. The summed E-state index contributed by atoms with van der Waals surface area (Å²) in [5.74, 6) is -1.20. The van der Waals surface area contributed by atoms with Crippen molar-refractivity contribution >= 4 is 11.9 Å². The highest BCUT2D eigenvalue weighted by Gasteiger charge is 2.16. The van der Waals surface area contributed by atoms with Gasteiger partial charge < -0.3 is 9.84 Å². The van der Waals surface area contributed by atoms with Crippen molar-refractivity contribution in [2.75, 3.05) is 0 Å². The third-order valence-corrected chi connectivity index (χ3v) is 3.88. The van der Waals surface area contributed by atoms with E-state index < -0.39 is 11.9 Å². The Hall–Kier alpha value is -3.40. The van der Waals surface area contributed by atoms with Crippen molar-refractivity contribution in [3.05, 3.63) is 89.5 Å². The van der Waals surface area contributed by atoms with E-state index in [9.17, 15) is 14.7 Å². The molecule has 25 heavy (non-hydrogen) atoms. The number of aromatic carboxylic acids is 1. The molecule has 0 atom stereocenters. The highest BCUT2D eigenvalue weighted by atomic mass is 16.5. The molecule has 3 aromatic carbocycles. The summed E-state index contributed by atoms with van der Waals surface area (Å²) in [6, 6.07) is 20.8. The van der Waals surface area contributed by atoms with Crippen LogP contribution in [0.1, 0.15) is 26.3 Å². The molecule has 0 saturated carbocycles. The van der Waals surface area contributed by atoms with Gasteiger partial charge in [-0.15, -0.1) is 0 Å². The zero-order chi connectivity index (χ0) is 17.8. The molecule has 0 aliphatic heterocycles. The second-order valence-electron chi connectivity index (χ2n) is 5.58. The van der Waals surface area contributed by atoms with Crippen molar-refractivity contribution in [1.29, 1.82) is 0 Å². The van der Waals surface area contributed by atoms with Gasteiger partial charge in [-0.3, -0.25) is 0 Å². The number of esters is 1. The van der Waals surface area contributed by atoms with Crippen molar-refractivity contribution in [1.82, 2.24) is 0 Å². The van der Waals surface area contributed by atoms with Crippen LogP contribution >= 0.6 is 0 Å². The molecule has 3 aromatic rings. The predicted molar refractivity (Wildman–Crippen MR) is 95.0 cm³/mol. The average molecular weight is 332 g/mol. The lowest BCUT2D eigenvalue weighted by molar-refractivity contribution is 0.0697. The minimum absolute atomic E-state index is 0.155. The quantitative estimate of drug-likeness (QED) is 0.561. The van der Waals surface area contributed by atoms with Crippen LogP contribution in [0.3, 0.4) is 0 Å². The maximum atomic E-state index is 12.4. The van der Waals surface area contributed by atoms with Crippen LogP contribution in [0, 0.1) is 6.92 Å². The van der Waals surface area contributed by atoms with E-state index in [1.54, 1.807) is 18.2 Å². The number of carbonyl (C=O) groups excluding carboxylic acids is 1. The van der Waals surface area contributed by atoms with Crippen LogP contribution in [0.4, 0.5) is 0 Å². The maximum absolute atomic E-state index is 12.4. The SMILES string of the molecule is Cc1ccccc1C(=O)Oc1ccc(C(=O)O)c(-c2ccccc2)c1. The van der Waals surface area contributed by atoms with E-state index in [1.165, 1.54) is 12.1 Å². The van der Waals surface area contributed by atoms with Gasteiger partial charge in [0.25, 0.3) is 0 Å². The van der Waals surface area contributed by atoms with E-state index in [-0.39, 0.29) is 5.56 Å². The van der Waals surface area contributed by atoms with Crippen LogP contribution < -0.4 is 4.74 Å². The Morgan fingerprint density at radius 2 is 1.52 bits per heavy atom. The molecule has 124 valence electrons. The van der Waals surface area contributed by atoms with Crippen LogP contribution in [0.15, 0.2) is 72.8 Å². The van der Waals surface area contributed by atoms with Gasteiger partial charge in [0.05, 0.1) is 11.1 Å². The maximum Gasteiger partial charge on any atom is 0.343 e. The zero-order valence-electron chi connectivity index (χ0n) is 13.6. The van der Waals surface area contributed by atoms with E-state index in [2.05, 4.69) is 0 Å². The van der Waals surface area contributed by atoms with Gasteiger partial charge >= 0.3 is 11.9 Å². The highest BCUT2D eigenvalue weighted by molar-refractivity contribution is 5.97. The number of ether oxygens (including phenoxy) is 1. The molecule has 0 aromatic heterocycles. The summed E-state index contributed by atoms with van der Waals surface area (Å²) in [4.78, 5) is 23.8. The summed E-state index contributed by atoms with van der Waals surface area (Å²) in [6.07, 6.45) is 0. The summed E-state index contributed by atoms with van der Waals surface area (Å²) < 4.78 is 5.45. The van der Waals surface area contributed by atoms with Gasteiger partial charge in [-0.05, 0) is 47.9 Å². The minimum atomic E-state index is -1.03. The Balaban J connectivity index is 1.97. The van der Waals surface area contributed by atoms with Gasteiger partial charge in [-0.1, -0.05) is 48.5 Å². The van der Waals surface area contributed by atoms with Gasteiger partial charge in [-0.25, -0.2) is 9.59 Å². The van der Waals surface area contributed by atoms with E-state index in [0.717, 1.165) is 11.1 Å². The van der Waals surface area contributed by atoms with Gasteiger partial charge in [0.15, 0.2) is 0 Å². The molecule has 0 bridgehead atoms. The first-order valence-electron chi connectivity index (χ1n) is 7.77. The predicted octanol–water partition coefficient (Wildman–Crippen LogP) is 4.58. The molecule has 0 amide bonds. The summed E-state index contributed by atoms with van der Waals surface area (Å²) in [6.45, 7) is 1.83. The van der Waals surface area contributed by atoms with E-state index in [0.29, 0.717) is 16.9 Å². The molecule has 0 aliphatic carbocycles. The fraction of sp³-hybridized carbons (Fsp3) is 0.0476. The number of hydrogen-bond donors (Lipinski definition) is 1. The third-order valence-electron chi connectivity index (χ3n) is 3.88. The lowest BCUT2D eigenvalue weighted by atomic mass is 9.99. The lowest BCUT2D eigenvalue weighted by Gasteiger charge is -2.11. The molecule has 1 N–H and O–H groups in total. The number of carboxylic acids is 1. The van der Waals surface area contributed by atoms with Gasteiger partial charge in [0, 0.05) is 0 Å². The Labute approximate surface area is 145 Å². The fourth-order valence-electron chi connectivity index (χ4n) is 2.59. The highest BCUT2D eigenvalue weighted by Crippen LogP contribution is 2.28. The van der Waals surface area contributed by atoms with Crippen LogP contribution in [-0.2, 0) is 0 Å². The number of benzene rings is 3. The summed E-state index contributed by atoms with van der Waals surface area (Å²) in [7, 11) is 0. The fourth-order valence-corrected chi connectivity index (χ4v) is 2.59. The van der Waals surface area contributed by atoms with Crippen LogP contribution in [0.25, 0.3) is 11.1 Å². The number of hydrogen-bond acceptors (Lipinski definition) is 3. The first kappa shape index (κ1) is 16.5. The molecule has 4 heteroatoms. The number of rotatable bonds is 4. The topological polar surface area (TPSA) is 63.6 Å². The van der Waals surface area contributed by atoms with Crippen LogP contribution in [0.5, 0.6) is 5.75 Å². The van der Waals surface area contributed by atoms with Crippen molar-refractivity contribution in [2.24, 2.45) is 0 Å².